The third kappa shape index (κ3) is 6.11. The van der Waals surface area contributed by atoms with E-state index in [0.29, 0.717) is 18.9 Å². The van der Waals surface area contributed by atoms with Gasteiger partial charge in [-0.25, -0.2) is 0 Å². The Kier molecular flexibility index (Phi) is 6.61. The molecule has 1 fully saturated rings. The van der Waals surface area contributed by atoms with E-state index in [1.54, 1.807) is 0 Å². The van der Waals surface area contributed by atoms with Crippen molar-refractivity contribution in [1.82, 2.24) is 5.32 Å². The smallest absolute Gasteiger partial charge is 0.234 e. The first-order valence-electron chi connectivity index (χ1n) is 8.20. The minimum Gasteiger partial charge on any atom is -0.351 e. The molecule has 2 N–H and O–H groups in total. The third-order valence-electron chi connectivity index (χ3n) is 4.17. The summed E-state index contributed by atoms with van der Waals surface area (Å²) in [5.41, 5.74) is 1.71. The summed E-state index contributed by atoms with van der Waals surface area (Å²) in [6, 6.07) is 9.21. The van der Waals surface area contributed by atoms with Crippen LogP contribution in [0.3, 0.4) is 0 Å². The Bertz CT molecular complexity index is 569. The van der Waals surface area contributed by atoms with Gasteiger partial charge in [-0.3, -0.25) is 9.59 Å². The van der Waals surface area contributed by atoms with Gasteiger partial charge in [-0.05, 0) is 36.5 Å². The highest BCUT2D eigenvalue weighted by Crippen LogP contribution is 2.26. The lowest BCUT2D eigenvalue weighted by molar-refractivity contribution is -0.120. The van der Waals surface area contributed by atoms with Gasteiger partial charge in [0.2, 0.25) is 11.8 Å². The number of carbonyl (C=O) groups excluding carboxylic acids is 2. The van der Waals surface area contributed by atoms with Crippen molar-refractivity contribution < 1.29 is 9.59 Å². The van der Waals surface area contributed by atoms with Crippen LogP contribution in [0.4, 0.5) is 5.69 Å². The van der Waals surface area contributed by atoms with E-state index in [1.807, 2.05) is 30.3 Å². The lowest BCUT2D eigenvalue weighted by atomic mass is 9.87. The summed E-state index contributed by atoms with van der Waals surface area (Å²) in [5, 5.41) is 14.0. The number of hydrogen-bond acceptors (Lipinski definition) is 3. The van der Waals surface area contributed by atoms with E-state index in [0.717, 1.165) is 24.1 Å². The number of hydrogen-bond donors (Lipinski definition) is 2. The summed E-state index contributed by atoms with van der Waals surface area (Å²) in [7, 11) is 0. The molecule has 0 unspecified atom stereocenters. The standard InChI is InChI=1S/C18H23N3O2/c19-11-10-17(22)20-13-15-6-8-16(9-7-15)21-18(23)12-14-4-2-1-3-5-14/h6-9,14H,1-5,10,12-13H2,(H,20,22)(H,21,23). The van der Waals surface area contributed by atoms with Crippen LogP contribution in [0.25, 0.3) is 0 Å². The fourth-order valence-corrected chi connectivity index (χ4v) is 2.91. The van der Waals surface area contributed by atoms with E-state index in [1.165, 1.54) is 19.3 Å². The van der Waals surface area contributed by atoms with Crippen molar-refractivity contribution in [1.29, 1.82) is 5.26 Å². The summed E-state index contributed by atoms with van der Waals surface area (Å²) >= 11 is 0. The van der Waals surface area contributed by atoms with E-state index >= 15 is 0 Å². The molecule has 0 aromatic heterocycles. The highest BCUT2D eigenvalue weighted by atomic mass is 16.2. The van der Waals surface area contributed by atoms with Crippen LogP contribution in [0.15, 0.2) is 24.3 Å². The zero-order valence-corrected chi connectivity index (χ0v) is 13.3. The van der Waals surface area contributed by atoms with Crippen molar-refractivity contribution in [3.05, 3.63) is 29.8 Å². The van der Waals surface area contributed by atoms with Crippen molar-refractivity contribution in [3.8, 4) is 6.07 Å². The molecular formula is C18H23N3O2. The molecule has 0 spiro atoms. The molecule has 122 valence electrons. The maximum Gasteiger partial charge on any atom is 0.234 e. The van der Waals surface area contributed by atoms with Crippen LogP contribution in [0.2, 0.25) is 0 Å². The van der Waals surface area contributed by atoms with Gasteiger partial charge in [0, 0.05) is 18.7 Å². The maximum atomic E-state index is 12.1. The summed E-state index contributed by atoms with van der Waals surface area (Å²) < 4.78 is 0. The molecule has 1 saturated carbocycles. The second kappa shape index (κ2) is 8.94. The number of rotatable bonds is 6. The topological polar surface area (TPSA) is 82.0 Å². The molecule has 1 aromatic rings. The first-order valence-corrected chi connectivity index (χ1v) is 8.20. The van der Waals surface area contributed by atoms with Gasteiger partial charge >= 0.3 is 0 Å². The van der Waals surface area contributed by atoms with E-state index < -0.39 is 0 Å². The monoisotopic (exact) mass is 313 g/mol. The molecular weight excluding hydrogens is 290 g/mol. The molecule has 1 aromatic carbocycles. The van der Waals surface area contributed by atoms with Crippen LogP contribution in [-0.2, 0) is 16.1 Å². The fraction of sp³-hybridized carbons (Fsp3) is 0.500. The molecule has 0 heterocycles. The highest BCUT2D eigenvalue weighted by Gasteiger charge is 2.16. The first-order chi connectivity index (χ1) is 11.2. The van der Waals surface area contributed by atoms with Crippen LogP contribution in [0.1, 0.15) is 50.5 Å². The van der Waals surface area contributed by atoms with E-state index in [2.05, 4.69) is 10.6 Å². The summed E-state index contributed by atoms with van der Waals surface area (Å²) in [6.07, 6.45) is 6.57. The molecule has 5 heteroatoms. The van der Waals surface area contributed by atoms with Crippen molar-refractivity contribution in [2.45, 2.75) is 51.5 Å². The molecule has 2 amide bonds. The maximum absolute atomic E-state index is 12.1. The Morgan fingerprint density at radius 2 is 1.78 bits per heavy atom. The normalized spacial score (nSPS) is 14.7. The summed E-state index contributed by atoms with van der Waals surface area (Å²) in [6.45, 7) is 0.386. The molecule has 1 aliphatic rings. The lowest BCUT2D eigenvalue weighted by Crippen LogP contribution is -2.21. The Balaban J connectivity index is 1.76. The highest BCUT2D eigenvalue weighted by molar-refractivity contribution is 5.90. The number of nitriles is 1. The summed E-state index contributed by atoms with van der Waals surface area (Å²) in [5.74, 6) is 0.322. The predicted molar refractivity (Wildman–Crippen MR) is 88.3 cm³/mol. The minimum absolute atomic E-state index is 0.0759. The molecule has 0 aliphatic heterocycles. The second-order valence-corrected chi connectivity index (χ2v) is 6.06. The molecule has 0 bridgehead atoms. The SMILES string of the molecule is N#CCC(=O)NCc1ccc(NC(=O)CC2CCCCC2)cc1. The number of anilines is 1. The zero-order valence-electron chi connectivity index (χ0n) is 13.3. The average molecular weight is 313 g/mol. The first kappa shape index (κ1) is 17.0. The van der Waals surface area contributed by atoms with Crippen LogP contribution >= 0.6 is 0 Å². The van der Waals surface area contributed by atoms with Gasteiger partial charge in [0.1, 0.15) is 6.42 Å². The number of nitrogens with zero attached hydrogens (tertiary/aromatic N) is 1. The van der Waals surface area contributed by atoms with Crippen molar-refractivity contribution in [3.63, 3.8) is 0 Å². The lowest BCUT2D eigenvalue weighted by Gasteiger charge is -2.20. The van der Waals surface area contributed by atoms with Gasteiger partial charge in [0.05, 0.1) is 6.07 Å². The molecule has 2 rings (SSSR count). The second-order valence-electron chi connectivity index (χ2n) is 6.06. The summed E-state index contributed by atoms with van der Waals surface area (Å²) in [4.78, 5) is 23.3. The Morgan fingerprint density at radius 3 is 2.43 bits per heavy atom. The van der Waals surface area contributed by atoms with E-state index in [9.17, 15) is 9.59 Å². The van der Waals surface area contributed by atoms with Gasteiger partial charge < -0.3 is 10.6 Å². The third-order valence-corrected chi connectivity index (χ3v) is 4.17. The zero-order chi connectivity index (χ0) is 16.5. The molecule has 5 nitrogen and oxygen atoms in total. The van der Waals surface area contributed by atoms with Crippen LogP contribution in [-0.4, -0.2) is 11.8 Å². The number of carbonyl (C=O) groups is 2. The molecule has 0 saturated heterocycles. The van der Waals surface area contributed by atoms with Crippen molar-refractivity contribution >= 4 is 17.5 Å². The predicted octanol–water partition coefficient (Wildman–Crippen LogP) is 3.13. The Morgan fingerprint density at radius 1 is 1.09 bits per heavy atom. The quantitative estimate of drug-likeness (QED) is 0.846. The number of benzene rings is 1. The molecule has 23 heavy (non-hydrogen) atoms. The number of amides is 2. The molecule has 0 radical (unpaired) electrons. The minimum atomic E-state index is -0.280. The average Bonchev–Trinajstić information content (AvgIpc) is 2.55. The van der Waals surface area contributed by atoms with E-state index in [-0.39, 0.29) is 18.2 Å². The van der Waals surface area contributed by atoms with Gasteiger partial charge in [0.15, 0.2) is 0 Å². The van der Waals surface area contributed by atoms with Gasteiger partial charge in [-0.15, -0.1) is 0 Å². The number of nitrogens with one attached hydrogen (secondary N) is 2. The van der Waals surface area contributed by atoms with Crippen LogP contribution in [0.5, 0.6) is 0 Å². The largest absolute Gasteiger partial charge is 0.351 e. The van der Waals surface area contributed by atoms with Crippen LogP contribution in [0, 0.1) is 17.2 Å². The van der Waals surface area contributed by atoms with Gasteiger partial charge in [-0.2, -0.15) is 5.26 Å². The van der Waals surface area contributed by atoms with Crippen molar-refractivity contribution in [2.24, 2.45) is 5.92 Å². The van der Waals surface area contributed by atoms with Gasteiger partial charge in [0.25, 0.3) is 0 Å². The molecule has 0 atom stereocenters. The fourth-order valence-electron chi connectivity index (χ4n) is 2.91. The Hall–Kier alpha value is -2.35. The Labute approximate surface area is 137 Å². The van der Waals surface area contributed by atoms with Crippen molar-refractivity contribution in [2.75, 3.05) is 5.32 Å². The van der Waals surface area contributed by atoms with Crippen LogP contribution < -0.4 is 10.6 Å². The van der Waals surface area contributed by atoms with Gasteiger partial charge in [-0.1, -0.05) is 31.4 Å². The molecule has 1 aliphatic carbocycles. The van der Waals surface area contributed by atoms with E-state index in [4.69, 9.17) is 5.26 Å².